The van der Waals surface area contributed by atoms with Gasteiger partial charge in [0, 0.05) is 12.5 Å². The molecular formula is C7H8F2N2O2. The molecule has 1 heterocycles. The third-order valence-corrected chi connectivity index (χ3v) is 1.30. The maximum atomic E-state index is 12.2. The van der Waals surface area contributed by atoms with Gasteiger partial charge in [-0.05, 0) is 6.92 Å². The lowest BCUT2D eigenvalue weighted by molar-refractivity contribution is -0.185. The Morgan fingerprint density at radius 1 is 1.69 bits per heavy atom. The van der Waals surface area contributed by atoms with Crippen molar-refractivity contribution in [1.82, 2.24) is 10.2 Å². The average molecular weight is 190 g/mol. The van der Waals surface area contributed by atoms with E-state index in [9.17, 15) is 13.6 Å². The fourth-order valence-electron chi connectivity index (χ4n) is 0.767. The minimum Gasteiger partial charge on any atom is -0.396 e. The predicted octanol–water partition coefficient (Wildman–Crippen LogP) is 1.49. The van der Waals surface area contributed by atoms with Crippen LogP contribution in [-0.2, 0) is 4.74 Å². The van der Waals surface area contributed by atoms with Gasteiger partial charge in [-0.15, -0.1) is 0 Å². The number of nitrogens with zero attached hydrogens (tertiary/aromatic N) is 1. The van der Waals surface area contributed by atoms with Gasteiger partial charge < -0.3 is 4.74 Å². The van der Waals surface area contributed by atoms with Crippen LogP contribution in [0.1, 0.15) is 23.0 Å². The summed E-state index contributed by atoms with van der Waals surface area (Å²) in [5, 5.41) is 5.77. The molecular weight excluding hydrogens is 182 g/mol. The number of H-pyrrole nitrogens is 1. The van der Waals surface area contributed by atoms with Gasteiger partial charge in [0.15, 0.2) is 0 Å². The van der Waals surface area contributed by atoms with Gasteiger partial charge in [0.1, 0.15) is 5.69 Å². The highest BCUT2D eigenvalue weighted by Crippen LogP contribution is 2.16. The molecule has 1 rings (SSSR count). The van der Waals surface area contributed by atoms with E-state index < -0.39 is 12.1 Å². The van der Waals surface area contributed by atoms with Crippen molar-refractivity contribution in [3.63, 3.8) is 0 Å². The molecule has 0 aliphatic carbocycles. The van der Waals surface area contributed by atoms with Crippen LogP contribution in [-0.4, -0.2) is 22.3 Å². The van der Waals surface area contributed by atoms with E-state index in [1.807, 2.05) is 0 Å². The number of hydrogen-bond acceptors (Lipinski definition) is 3. The Morgan fingerprint density at radius 3 is 2.69 bits per heavy atom. The summed E-state index contributed by atoms with van der Waals surface area (Å²) in [7, 11) is 0. The number of esters is 1. The lowest BCUT2D eigenvalue weighted by atomic mass is 10.3. The molecule has 0 radical (unpaired) electrons. The number of carbonyl (C=O) groups is 1. The summed E-state index contributed by atoms with van der Waals surface area (Å²) in [4.78, 5) is 11.0. The fraction of sp³-hybridized carbons (Fsp3) is 0.429. The first kappa shape index (κ1) is 9.63. The first-order chi connectivity index (χ1) is 5.90. The lowest BCUT2D eigenvalue weighted by Crippen LogP contribution is -2.21. The Hall–Kier alpha value is -1.46. The maximum absolute atomic E-state index is 12.2. The Bertz CT molecular complexity index is 317. The van der Waals surface area contributed by atoms with Crippen molar-refractivity contribution in [2.24, 2.45) is 0 Å². The monoisotopic (exact) mass is 190 g/mol. The van der Waals surface area contributed by atoms with Crippen molar-refractivity contribution >= 4 is 5.97 Å². The van der Waals surface area contributed by atoms with Crippen LogP contribution in [0.25, 0.3) is 0 Å². The largest absolute Gasteiger partial charge is 0.397 e. The van der Waals surface area contributed by atoms with Crippen molar-refractivity contribution in [1.29, 1.82) is 0 Å². The van der Waals surface area contributed by atoms with Crippen molar-refractivity contribution in [3.8, 4) is 0 Å². The molecule has 0 bridgehead atoms. The van der Waals surface area contributed by atoms with Crippen molar-refractivity contribution in [3.05, 3.63) is 17.5 Å². The van der Waals surface area contributed by atoms with E-state index in [0.29, 0.717) is 12.5 Å². The summed E-state index contributed by atoms with van der Waals surface area (Å²) in [6.07, 6.45) is -2.11. The Morgan fingerprint density at radius 2 is 2.31 bits per heavy atom. The first-order valence-corrected chi connectivity index (χ1v) is 3.51. The highest BCUT2D eigenvalue weighted by atomic mass is 19.3. The number of rotatable bonds is 2. The smallest absolute Gasteiger partial charge is 0.396 e. The molecule has 0 saturated heterocycles. The molecule has 1 aromatic rings. The van der Waals surface area contributed by atoms with Crippen LogP contribution in [0.2, 0.25) is 0 Å². The number of halogens is 2. The van der Waals surface area contributed by atoms with E-state index >= 15 is 0 Å². The number of ether oxygens (including phenoxy) is 1. The highest BCUT2D eigenvalue weighted by Gasteiger charge is 2.28. The van der Waals surface area contributed by atoms with Gasteiger partial charge in [0.05, 0.1) is 6.20 Å². The number of carbonyl (C=O) groups excluding carboxylic acids is 1. The zero-order valence-corrected chi connectivity index (χ0v) is 7.10. The van der Waals surface area contributed by atoms with Crippen molar-refractivity contribution in [2.45, 2.75) is 20.0 Å². The SMILES string of the molecule is Cc1cn[nH]c1C(=O)OC(C)(F)F. The molecule has 0 atom stereocenters. The fourth-order valence-corrected chi connectivity index (χ4v) is 0.767. The van der Waals surface area contributed by atoms with Gasteiger partial charge in [-0.3, -0.25) is 5.10 Å². The van der Waals surface area contributed by atoms with Crippen LogP contribution >= 0.6 is 0 Å². The Kier molecular flexibility index (Phi) is 2.31. The van der Waals surface area contributed by atoms with E-state index in [2.05, 4.69) is 14.9 Å². The zero-order valence-electron chi connectivity index (χ0n) is 7.10. The third kappa shape index (κ3) is 2.50. The van der Waals surface area contributed by atoms with Gasteiger partial charge in [0.25, 0.3) is 0 Å². The molecule has 72 valence electrons. The van der Waals surface area contributed by atoms with E-state index in [4.69, 9.17) is 0 Å². The minimum atomic E-state index is -3.46. The van der Waals surface area contributed by atoms with E-state index in [-0.39, 0.29) is 5.69 Å². The normalized spacial score (nSPS) is 11.4. The van der Waals surface area contributed by atoms with E-state index in [1.54, 1.807) is 6.92 Å². The molecule has 6 heteroatoms. The summed E-state index contributed by atoms with van der Waals surface area (Å²) in [6.45, 7) is 2.06. The van der Waals surface area contributed by atoms with Gasteiger partial charge in [0.2, 0.25) is 0 Å². The molecule has 0 fully saturated rings. The number of hydrogen-bond donors (Lipinski definition) is 1. The van der Waals surface area contributed by atoms with Crippen molar-refractivity contribution < 1.29 is 18.3 Å². The van der Waals surface area contributed by atoms with Gasteiger partial charge in [-0.25, -0.2) is 4.79 Å². The molecule has 0 aliphatic rings. The summed E-state index contributed by atoms with van der Waals surface area (Å²) in [5.41, 5.74) is 0.413. The van der Waals surface area contributed by atoms with Crippen LogP contribution in [0.5, 0.6) is 0 Å². The second-order valence-electron chi connectivity index (χ2n) is 2.63. The molecule has 0 aliphatic heterocycles. The topological polar surface area (TPSA) is 55.0 Å². The molecule has 0 saturated carbocycles. The second-order valence-corrected chi connectivity index (χ2v) is 2.63. The Balaban J connectivity index is 2.76. The molecule has 0 aromatic carbocycles. The van der Waals surface area contributed by atoms with E-state index in [1.165, 1.54) is 6.20 Å². The Labute approximate surface area is 72.9 Å². The van der Waals surface area contributed by atoms with E-state index in [0.717, 1.165) is 0 Å². The van der Waals surface area contributed by atoms with Gasteiger partial charge in [-0.1, -0.05) is 0 Å². The minimum absolute atomic E-state index is 0.0541. The number of aromatic nitrogens is 2. The maximum Gasteiger partial charge on any atom is 0.397 e. The molecule has 4 nitrogen and oxygen atoms in total. The quantitative estimate of drug-likeness (QED) is 0.718. The average Bonchev–Trinajstić information content (AvgIpc) is 2.30. The van der Waals surface area contributed by atoms with Crippen LogP contribution in [0.4, 0.5) is 8.78 Å². The standard InChI is InChI=1S/C7H8F2N2O2/c1-4-3-10-11-5(4)6(12)13-7(2,8)9/h3H,1-2H3,(H,10,11). The van der Waals surface area contributed by atoms with Gasteiger partial charge in [-0.2, -0.15) is 13.9 Å². The third-order valence-electron chi connectivity index (χ3n) is 1.30. The molecule has 0 amide bonds. The number of aryl methyl sites for hydroxylation is 1. The molecule has 1 N–H and O–H groups in total. The predicted molar refractivity (Wildman–Crippen MR) is 39.4 cm³/mol. The second kappa shape index (κ2) is 3.12. The first-order valence-electron chi connectivity index (χ1n) is 3.51. The van der Waals surface area contributed by atoms with Gasteiger partial charge >= 0.3 is 12.1 Å². The van der Waals surface area contributed by atoms with Crippen LogP contribution in [0.3, 0.4) is 0 Å². The highest BCUT2D eigenvalue weighted by molar-refractivity contribution is 5.88. The molecule has 0 spiro atoms. The summed E-state index contributed by atoms with van der Waals surface area (Å²) in [6, 6.07) is 0. The number of aromatic amines is 1. The zero-order chi connectivity index (χ0) is 10.1. The van der Waals surface area contributed by atoms with Crippen LogP contribution < -0.4 is 0 Å². The molecule has 13 heavy (non-hydrogen) atoms. The van der Waals surface area contributed by atoms with Crippen LogP contribution in [0, 0.1) is 6.92 Å². The summed E-state index contributed by atoms with van der Waals surface area (Å²) < 4.78 is 28.3. The summed E-state index contributed by atoms with van der Waals surface area (Å²) >= 11 is 0. The summed E-state index contributed by atoms with van der Waals surface area (Å²) in [5.74, 6) is -1.11. The lowest BCUT2D eigenvalue weighted by Gasteiger charge is -2.10. The molecule has 0 unspecified atom stereocenters. The number of nitrogens with one attached hydrogen (secondary N) is 1. The molecule has 1 aromatic heterocycles. The van der Waals surface area contributed by atoms with Crippen LogP contribution in [0.15, 0.2) is 6.20 Å². The van der Waals surface area contributed by atoms with Crippen molar-refractivity contribution in [2.75, 3.05) is 0 Å². The number of alkyl halides is 2.